The van der Waals surface area contributed by atoms with Crippen molar-refractivity contribution >= 4 is 23.1 Å². The van der Waals surface area contributed by atoms with E-state index in [2.05, 4.69) is 21.3 Å². The van der Waals surface area contributed by atoms with Gasteiger partial charge in [-0.25, -0.2) is 4.98 Å². The second-order valence-corrected chi connectivity index (χ2v) is 5.58. The van der Waals surface area contributed by atoms with E-state index in [-0.39, 0.29) is 12.4 Å². The van der Waals surface area contributed by atoms with Crippen molar-refractivity contribution in [2.45, 2.75) is 20.3 Å². The number of benzene rings is 1. The maximum absolute atomic E-state index is 11.9. The number of azo groups is 1. The Morgan fingerprint density at radius 2 is 2.08 bits per heavy atom. The maximum atomic E-state index is 11.9. The first-order valence-corrected chi connectivity index (χ1v) is 8.17. The van der Waals surface area contributed by atoms with Crippen LogP contribution in [0.2, 0.25) is 0 Å². The Labute approximate surface area is 150 Å². The molecule has 26 heavy (non-hydrogen) atoms. The van der Waals surface area contributed by atoms with Gasteiger partial charge < -0.3 is 4.74 Å². The lowest BCUT2D eigenvalue weighted by Gasteiger charge is -2.01. The molecular formula is C19H17N5O2. The van der Waals surface area contributed by atoms with E-state index in [1.165, 1.54) is 0 Å². The number of nitrogens with zero attached hydrogens (tertiary/aromatic N) is 5. The molecule has 2 aromatic heterocycles. The predicted molar refractivity (Wildman–Crippen MR) is 95.6 cm³/mol. The number of pyridine rings is 1. The van der Waals surface area contributed by atoms with Crippen LogP contribution in [-0.2, 0) is 16.0 Å². The number of imidazole rings is 1. The van der Waals surface area contributed by atoms with Crippen molar-refractivity contribution in [3.05, 3.63) is 59.4 Å². The van der Waals surface area contributed by atoms with Crippen molar-refractivity contribution in [3.63, 3.8) is 0 Å². The first kappa shape index (κ1) is 17.3. The molecule has 1 aromatic carbocycles. The molecule has 0 saturated heterocycles. The first-order chi connectivity index (χ1) is 12.6. The standard InChI is InChI=1S/C19H17N5O2/c1-3-26-17(25)11-16-19(24-10-6-7-13(2)18(24)21-16)23-22-15-9-5-4-8-14(15)12-20/h4-10H,3,11H2,1-2H3. The summed E-state index contributed by atoms with van der Waals surface area (Å²) in [7, 11) is 0. The van der Waals surface area contributed by atoms with Gasteiger partial charge >= 0.3 is 5.97 Å². The second kappa shape index (κ2) is 7.57. The molecule has 7 heteroatoms. The van der Waals surface area contributed by atoms with Crippen LogP contribution in [0.15, 0.2) is 52.8 Å². The molecule has 0 unspecified atom stereocenters. The van der Waals surface area contributed by atoms with Crippen molar-refractivity contribution in [1.82, 2.24) is 9.38 Å². The summed E-state index contributed by atoms with van der Waals surface area (Å²) in [6, 6.07) is 12.8. The minimum absolute atomic E-state index is 0.00318. The molecule has 0 radical (unpaired) electrons. The van der Waals surface area contributed by atoms with Gasteiger partial charge in [-0.15, -0.1) is 10.2 Å². The lowest BCUT2D eigenvalue weighted by atomic mass is 10.2. The fraction of sp³-hybridized carbons (Fsp3) is 0.211. The Balaban J connectivity index is 2.08. The number of aromatic nitrogens is 2. The Hall–Kier alpha value is -3.53. The predicted octanol–water partition coefficient (Wildman–Crippen LogP) is 4.04. The van der Waals surface area contributed by atoms with Crippen LogP contribution in [0.25, 0.3) is 5.65 Å². The zero-order valence-electron chi connectivity index (χ0n) is 14.5. The lowest BCUT2D eigenvalue weighted by Crippen LogP contribution is -2.07. The smallest absolute Gasteiger partial charge is 0.312 e. The molecule has 0 aliphatic carbocycles. The number of carbonyl (C=O) groups excluding carboxylic acids is 1. The molecule has 0 atom stereocenters. The highest BCUT2D eigenvalue weighted by Gasteiger charge is 2.17. The molecule has 3 aromatic rings. The molecule has 0 fully saturated rings. The Bertz CT molecular complexity index is 1030. The van der Waals surface area contributed by atoms with E-state index < -0.39 is 0 Å². The minimum atomic E-state index is -0.373. The summed E-state index contributed by atoms with van der Waals surface area (Å²) < 4.78 is 6.80. The number of carbonyl (C=O) groups is 1. The fourth-order valence-electron chi connectivity index (χ4n) is 2.57. The van der Waals surface area contributed by atoms with E-state index in [9.17, 15) is 10.1 Å². The van der Waals surface area contributed by atoms with E-state index in [1.54, 1.807) is 35.6 Å². The number of hydrogen-bond acceptors (Lipinski definition) is 6. The van der Waals surface area contributed by atoms with Crippen LogP contribution in [0.3, 0.4) is 0 Å². The third kappa shape index (κ3) is 3.44. The Kier molecular flexibility index (Phi) is 5.04. The zero-order valence-corrected chi connectivity index (χ0v) is 14.5. The van der Waals surface area contributed by atoms with E-state index in [4.69, 9.17) is 4.74 Å². The van der Waals surface area contributed by atoms with Crippen LogP contribution in [0.4, 0.5) is 11.5 Å². The van der Waals surface area contributed by atoms with Crippen molar-refractivity contribution in [2.24, 2.45) is 10.2 Å². The molecule has 2 heterocycles. The van der Waals surface area contributed by atoms with E-state index in [0.29, 0.717) is 35.0 Å². The molecule has 0 aliphatic rings. The molecule has 0 amide bonds. The van der Waals surface area contributed by atoms with Crippen LogP contribution in [0, 0.1) is 18.3 Å². The molecule has 0 bridgehead atoms. The number of ether oxygens (including phenoxy) is 1. The summed E-state index contributed by atoms with van der Waals surface area (Å²) in [5.41, 5.74) is 3.02. The average molecular weight is 347 g/mol. The number of esters is 1. The van der Waals surface area contributed by atoms with Gasteiger partial charge in [-0.2, -0.15) is 5.26 Å². The van der Waals surface area contributed by atoms with Gasteiger partial charge in [-0.1, -0.05) is 18.2 Å². The van der Waals surface area contributed by atoms with Crippen LogP contribution < -0.4 is 0 Å². The van der Waals surface area contributed by atoms with Crippen LogP contribution in [-0.4, -0.2) is 22.0 Å². The maximum Gasteiger partial charge on any atom is 0.312 e. The molecule has 0 aliphatic heterocycles. The SMILES string of the molecule is CCOC(=O)Cc1nc2c(C)cccn2c1N=Nc1ccccc1C#N. The fourth-order valence-corrected chi connectivity index (χ4v) is 2.57. The largest absolute Gasteiger partial charge is 0.466 e. The number of hydrogen-bond donors (Lipinski definition) is 0. The van der Waals surface area contributed by atoms with Gasteiger partial charge in [0.15, 0.2) is 5.82 Å². The summed E-state index contributed by atoms with van der Waals surface area (Å²) >= 11 is 0. The van der Waals surface area contributed by atoms with Crippen LogP contribution in [0.1, 0.15) is 23.7 Å². The Morgan fingerprint density at radius 3 is 2.85 bits per heavy atom. The van der Waals surface area contributed by atoms with Crippen LogP contribution >= 0.6 is 0 Å². The summed E-state index contributed by atoms with van der Waals surface area (Å²) in [5, 5.41) is 17.7. The Morgan fingerprint density at radius 1 is 1.27 bits per heavy atom. The van der Waals surface area contributed by atoms with Crippen molar-refractivity contribution < 1.29 is 9.53 Å². The summed E-state index contributed by atoms with van der Waals surface area (Å²) in [4.78, 5) is 16.4. The minimum Gasteiger partial charge on any atom is -0.466 e. The highest BCUT2D eigenvalue weighted by molar-refractivity contribution is 5.74. The van der Waals surface area contributed by atoms with Crippen molar-refractivity contribution in [3.8, 4) is 6.07 Å². The van der Waals surface area contributed by atoms with Gasteiger partial charge in [0.05, 0.1) is 24.3 Å². The third-order valence-electron chi connectivity index (χ3n) is 3.78. The lowest BCUT2D eigenvalue weighted by molar-refractivity contribution is -0.142. The summed E-state index contributed by atoms with van der Waals surface area (Å²) in [6.07, 6.45) is 1.82. The first-order valence-electron chi connectivity index (χ1n) is 8.17. The summed E-state index contributed by atoms with van der Waals surface area (Å²) in [6.45, 7) is 3.99. The molecule has 0 spiro atoms. The van der Waals surface area contributed by atoms with Crippen LogP contribution in [0.5, 0.6) is 0 Å². The quantitative estimate of drug-likeness (QED) is 0.514. The summed E-state index contributed by atoms with van der Waals surface area (Å²) in [5.74, 6) is 0.0759. The van der Waals surface area contributed by atoms with Gasteiger partial charge in [0.25, 0.3) is 0 Å². The van der Waals surface area contributed by atoms with E-state index >= 15 is 0 Å². The topological polar surface area (TPSA) is 92.1 Å². The second-order valence-electron chi connectivity index (χ2n) is 5.58. The molecule has 0 N–H and O–H groups in total. The van der Waals surface area contributed by atoms with Crippen molar-refractivity contribution in [2.75, 3.05) is 6.61 Å². The number of nitriles is 1. The van der Waals surface area contributed by atoms with Gasteiger partial charge in [-0.3, -0.25) is 9.20 Å². The molecule has 7 nitrogen and oxygen atoms in total. The average Bonchev–Trinajstić information content (AvgIpc) is 2.99. The highest BCUT2D eigenvalue weighted by Crippen LogP contribution is 2.27. The monoisotopic (exact) mass is 347 g/mol. The van der Waals surface area contributed by atoms with Gasteiger partial charge in [0, 0.05) is 6.20 Å². The van der Waals surface area contributed by atoms with E-state index in [1.807, 2.05) is 25.3 Å². The number of rotatable bonds is 5. The number of aryl methyl sites for hydroxylation is 1. The third-order valence-corrected chi connectivity index (χ3v) is 3.78. The van der Waals surface area contributed by atoms with Gasteiger partial charge in [0.2, 0.25) is 0 Å². The van der Waals surface area contributed by atoms with Gasteiger partial charge in [-0.05, 0) is 37.6 Å². The van der Waals surface area contributed by atoms with E-state index in [0.717, 1.165) is 5.56 Å². The molecule has 130 valence electrons. The van der Waals surface area contributed by atoms with Gasteiger partial charge in [0.1, 0.15) is 17.4 Å². The number of fused-ring (bicyclic) bond motifs is 1. The molecule has 0 saturated carbocycles. The molecular weight excluding hydrogens is 330 g/mol. The highest BCUT2D eigenvalue weighted by atomic mass is 16.5. The van der Waals surface area contributed by atoms with Crippen molar-refractivity contribution in [1.29, 1.82) is 5.26 Å². The zero-order chi connectivity index (χ0) is 18.5. The normalized spacial score (nSPS) is 11.0. The molecule has 3 rings (SSSR count).